The lowest BCUT2D eigenvalue weighted by Crippen LogP contribution is -2.70. The molecule has 3 aliphatic rings. The zero-order valence-electron chi connectivity index (χ0n) is 5.83. The van der Waals surface area contributed by atoms with Gasteiger partial charge in [0, 0.05) is 0 Å². The second-order valence-electron chi connectivity index (χ2n) is 2.88. The summed E-state index contributed by atoms with van der Waals surface area (Å²) in [6.45, 7) is 0.521. The Labute approximate surface area is 63.6 Å². The van der Waals surface area contributed by atoms with Crippen molar-refractivity contribution in [2.24, 2.45) is 0 Å². The van der Waals surface area contributed by atoms with Gasteiger partial charge in [0.1, 0.15) is 12.9 Å². The van der Waals surface area contributed by atoms with Crippen LogP contribution in [0, 0.1) is 0 Å². The van der Waals surface area contributed by atoms with E-state index in [9.17, 15) is 0 Å². The zero-order valence-corrected chi connectivity index (χ0v) is 5.83. The van der Waals surface area contributed by atoms with Crippen LogP contribution in [0.15, 0.2) is 0 Å². The first-order chi connectivity index (χ1) is 5.43. The fraction of sp³-hybridized carbons (Fsp3) is 1.00. The van der Waals surface area contributed by atoms with Crippen LogP contribution in [0.3, 0.4) is 0 Å². The van der Waals surface area contributed by atoms with Crippen LogP contribution in [0.4, 0.5) is 0 Å². The van der Waals surface area contributed by atoms with Crippen molar-refractivity contribution in [2.45, 2.75) is 24.8 Å². The predicted octanol–water partition coefficient (Wildman–Crippen LogP) is -2.40. The predicted molar refractivity (Wildman–Crippen MR) is 34.7 cm³/mol. The number of hydroxylamine groups is 1. The van der Waals surface area contributed by atoms with Gasteiger partial charge in [-0.05, 0) is 0 Å². The Bertz CT molecular complexity index is 160. The second kappa shape index (κ2) is 2.13. The van der Waals surface area contributed by atoms with Crippen molar-refractivity contribution in [2.75, 3.05) is 6.73 Å². The molecule has 4 N–H and O–H groups in total. The summed E-state index contributed by atoms with van der Waals surface area (Å²) in [6.07, 6.45) is 0.649. The van der Waals surface area contributed by atoms with Gasteiger partial charge in [0.05, 0.1) is 6.17 Å². The Kier molecular flexibility index (Phi) is 1.22. The van der Waals surface area contributed by atoms with Gasteiger partial charge in [-0.15, -0.1) is 0 Å². The summed E-state index contributed by atoms with van der Waals surface area (Å²) >= 11 is 0. The average Bonchev–Trinajstić information content (AvgIpc) is 2.77. The molecular formula is C5H10N4O2. The number of epoxide rings is 1. The minimum Gasteiger partial charge on any atom is -0.337 e. The molecule has 0 aromatic carbocycles. The molecule has 0 radical (unpaired) electrons. The van der Waals surface area contributed by atoms with Gasteiger partial charge in [-0.25, -0.2) is 0 Å². The topological polar surface area (TPSA) is 69.9 Å². The second-order valence-corrected chi connectivity index (χ2v) is 2.88. The van der Waals surface area contributed by atoms with Crippen molar-refractivity contribution < 1.29 is 9.57 Å². The van der Waals surface area contributed by atoms with Crippen molar-refractivity contribution in [3.05, 3.63) is 0 Å². The first kappa shape index (κ1) is 6.30. The van der Waals surface area contributed by atoms with Gasteiger partial charge in [0.15, 0.2) is 12.5 Å². The van der Waals surface area contributed by atoms with Crippen LogP contribution in [0.1, 0.15) is 0 Å². The van der Waals surface area contributed by atoms with E-state index in [0.29, 0.717) is 6.73 Å². The summed E-state index contributed by atoms with van der Waals surface area (Å²) in [6, 6.07) is 0. The Hall–Kier alpha value is -0.240. The molecule has 0 spiro atoms. The van der Waals surface area contributed by atoms with E-state index < -0.39 is 0 Å². The Morgan fingerprint density at radius 2 is 1.91 bits per heavy atom. The van der Waals surface area contributed by atoms with E-state index in [0.717, 1.165) is 0 Å². The third-order valence-electron chi connectivity index (χ3n) is 2.10. The number of ether oxygens (including phenoxy) is 1. The van der Waals surface area contributed by atoms with Crippen molar-refractivity contribution in [3.8, 4) is 0 Å². The quantitative estimate of drug-likeness (QED) is 0.295. The van der Waals surface area contributed by atoms with Gasteiger partial charge >= 0.3 is 0 Å². The van der Waals surface area contributed by atoms with E-state index in [1.807, 2.05) is 0 Å². The van der Waals surface area contributed by atoms with Crippen molar-refractivity contribution in [3.63, 3.8) is 0 Å². The summed E-state index contributed by atoms with van der Waals surface area (Å²) < 4.78 is 5.21. The highest BCUT2D eigenvalue weighted by atomic mass is 16.7. The number of hydrogen-bond acceptors (Lipinski definition) is 6. The lowest BCUT2D eigenvalue weighted by atomic mass is 10.3. The normalized spacial score (nSPS) is 54.5. The number of piperazine rings is 1. The van der Waals surface area contributed by atoms with Gasteiger partial charge in [0.2, 0.25) is 0 Å². The monoisotopic (exact) mass is 158 g/mol. The maximum absolute atomic E-state index is 5.21. The summed E-state index contributed by atoms with van der Waals surface area (Å²) in [4.78, 5) is 4.99. The van der Waals surface area contributed by atoms with E-state index in [2.05, 4.69) is 21.4 Å². The lowest BCUT2D eigenvalue weighted by Gasteiger charge is -2.35. The standard InChI is InChI=1S/C5H10N4O2/c1-6-2-3(9-10-1)8-5-4(7-2)11-5/h2-9H,1H2. The molecule has 4 unspecified atom stereocenters. The molecule has 0 saturated carbocycles. The minimum atomic E-state index is 0.104. The van der Waals surface area contributed by atoms with Crippen LogP contribution >= 0.6 is 0 Å². The number of fused-ring (bicyclic) bond motifs is 2. The van der Waals surface area contributed by atoms with E-state index in [4.69, 9.17) is 9.57 Å². The van der Waals surface area contributed by atoms with Gasteiger partial charge in [-0.1, -0.05) is 0 Å². The Morgan fingerprint density at radius 3 is 2.82 bits per heavy atom. The number of nitrogens with one attached hydrogen (secondary N) is 4. The molecule has 6 nitrogen and oxygen atoms in total. The molecule has 4 atom stereocenters. The molecule has 0 aromatic heterocycles. The van der Waals surface area contributed by atoms with E-state index in [1.165, 1.54) is 0 Å². The van der Waals surface area contributed by atoms with Crippen LogP contribution in [-0.4, -0.2) is 31.5 Å². The summed E-state index contributed by atoms with van der Waals surface area (Å²) in [7, 11) is 0. The highest BCUT2D eigenvalue weighted by molar-refractivity contribution is 4.95. The van der Waals surface area contributed by atoms with Crippen LogP contribution < -0.4 is 21.4 Å². The molecular weight excluding hydrogens is 148 g/mol. The summed E-state index contributed by atoms with van der Waals surface area (Å²) in [5.74, 6) is 0. The smallest absolute Gasteiger partial charge is 0.151 e. The number of hydrogen-bond donors (Lipinski definition) is 4. The van der Waals surface area contributed by atoms with Gasteiger partial charge in [-0.3, -0.25) is 20.8 Å². The summed E-state index contributed by atoms with van der Waals surface area (Å²) in [5.41, 5.74) is 2.86. The van der Waals surface area contributed by atoms with E-state index >= 15 is 0 Å². The first-order valence-electron chi connectivity index (χ1n) is 3.72. The SMILES string of the molecule is C1NC2NC3OC3NC2NO1. The minimum absolute atomic E-state index is 0.104. The van der Waals surface area contributed by atoms with Gasteiger partial charge in [0.25, 0.3) is 0 Å². The molecule has 6 heteroatoms. The molecule has 3 heterocycles. The molecule has 3 aliphatic heterocycles. The van der Waals surface area contributed by atoms with E-state index in [-0.39, 0.29) is 24.8 Å². The Morgan fingerprint density at radius 1 is 1.09 bits per heavy atom. The van der Waals surface area contributed by atoms with Crippen LogP contribution in [0.25, 0.3) is 0 Å². The molecule has 0 aliphatic carbocycles. The number of rotatable bonds is 0. The fourth-order valence-corrected chi connectivity index (χ4v) is 1.45. The third kappa shape index (κ3) is 0.959. The average molecular weight is 158 g/mol. The maximum atomic E-state index is 5.21. The van der Waals surface area contributed by atoms with Crippen molar-refractivity contribution in [1.29, 1.82) is 0 Å². The molecule has 0 bridgehead atoms. The first-order valence-corrected chi connectivity index (χ1v) is 3.72. The highest BCUT2D eigenvalue weighted by Gasteiger charge is 2.48. The maximum Gasteiger partial charge on any atom is 0.151 e. The van der Waals surface area contributed by atoms with Gasteiger partial charge < -0.3 is 4.74 Å². The fourth-order valence-electron chi connectivity index (χ4n) is 1.45. The zero-order chi connectivity index (χ0) is 7.26. The van der Waals surface area contributed by atoms with Crippen LogP contribution in [0.5, 0.6) is 0 Å². The molecule has 11 heavy (non-hydrogen) atoms. The van der Waals surface area contributed by atoms with Crippen LogP contribution in [-0.2, 0) is 9.57 Å². The van der Waals surface area contributed by atoms with Gasteiger partial charge in [-0.2, -0.15) is 5.48 Å². The molecule has 62 valence electrons. The third-order valence-corrected chi connectivity index (χ3v) is 2.10. The molecule has 3 fully saturated rings. The molecule has 0 aromatic rings. The largest absolute Gasteiger partial charge is 0.337 e. The molecule has 3 saturated heterocycles. The van der Waals surface area contributed by atoms with Crippen LogP contribution in [0.2, 0.25) is 0 Å². The highest BCUT2D eigenvalue weighted by Crippen LogP contribution is 2.21. The molecule has 0 amide bonds. The molecule has 3 rings (SSSR count). The van der Waals surface area contributed by atoms with Crippen molar-refractivity contribution >= 4 is 0 Å². The lowest BCUT2D eigenvalue weighted by molar-refractivity contribution is -0.0685. The Balaban J connectivity index is 1.73. The van der Waals surface area contributed by atoms with Crippen molar-refractivity contribution in [1.82, 2.24) is 21.4 Å². The summed E-state index contributed by atoms with van der Waals surface area (Å²) in [5, 5.41) is 9.60. The van der Waals surface area contributed by atoms with E-state index in [1.54, 1.807) is 0 Å².